The molecule has 2 aromatic rings. The molecule has 0 radical (unpaired) electrons. The molecule has 4 rings (SSSR count). The third-order valence-electron chi connectivity index (χ3n) is 6.20. The highest BCUT2D eigenvalue weighted by Crippen LogP contribution is 2.28. The fraction of sp³-hybridized carbons (Fsp3) is 0.300. The normalized spacial score (nSPS) is 17.6. The molecule has 0 unspecified atom stereocenters. The highest BCUT2D eigenvalue weighted by Gasteiger charge is 2.20. The Morgan fingerprint density at radius 2 is 1.76 bits per heavy atom. The van der Waals surface area contributed by atoms with Crippen LogP contribution in [0.1, 0.15) is 11.1 Å². The van der Waals surface area contributed by atoms with Crippen LogP contribution in [-0.2, 0) is 15.9 Å². The lowest BCUT2D eigenvalue weighted by Crippen LogP contribution is -2.39. The van der Waals surface area contributed by atoms with Crippen LogP contribution in [-0.4, -0.2) is 57.7 Å². The second-order valence-electron chi connectivity index (χ2n) is 8.87. The highest BCUT2D eigenvalue weighted by molar-refractivity contribution is 6.12. The third-order valence-corrected chi connectivity index (χ3v) is 6.20. The Hall–Kier alpha value is -4.17. The Morgan fingerprint density at radius 1 is 1.03 bits per heavy atom. The van der Waals surface area contributed by atoms with E-state index in [0.717, 1.165) is 16.9 Å². The van der Waals surface area contributed by atoms with E-state index in [1.807, 2.05) is 67.6 Å². The van der Waals surface area contributed by atoms with E-state index in [9.17, 15) is 0 Å². The van der Waals surface area contributed by atoms with E-state index in [1.54, 1.807) is 14.2 Å². The summed E-state index contributed by atoms with van der Waals surface area (Å²) >= 11 is 0. The van der Waals surface area contributed by atoms with Crippen LogP contribution in [0.3, 0.4) is 0 Å². The van der Waals surface area contributed by atoms with Gasteiger partial charge in [0, 0.05) is 25.1 Å². The lowest BCUT2D eigenvalue weighted by atomic mass is 10.0. The van der Waals surface area contributed by atoms with Crippen LogP contribution in [0.4, 0.5) is 0 Å². The molecule has 1 saturated heterocycles. The van der Waals surface area contributed by atoms with Gasteiger partial charge in [-0.1, -0.05) is 23.8 Å². The van der Waals surface area contributed by atoms with Gasteiger partial charge in [0.2, 0.25) is 5.88 Å². The third kappa shape index (κ3) is 6.98. The van der Waals surface area contributed by atoms with Crippen molar-refractivity contribution in [2.45, 2.75) is 13.3 Å². The van der Waals surface area contributed by atoms with E-state index in [2.05, 4.69) is 16.5 Å². The lowest BCUT2D eigenvalue weighted by Gasteiger charge is -2.30. The van der Waals surface area contributed by atoms with Gasteiger partial charge in [-0.15, -0.1) is 0 Å². The van der Waals surface area contributed by atoms with Crippen LogP contribution < -0.4 is 19.9 Å². The first-order valence-electron chi connectivity index (χ1n) is 12.5. The molecule has 8 nitrogen and oxygen atoms in total. The molecule has 1 fully saturated rings. The van der Waals surface area contributed by atoms with Crippen molar-refractivity contribution in [1.82, 2.24) is 4.90 Å². The maximum atomic E-state index is 6.63. The van der Waals surface area contributed by atoms with Gasteiger partial charge < -0.3 is 34.3 Å². The van der Waals surface area contributed by atoms with Gasteiger partial charge in [-0.3, -0.25) is 0 Å². The van der Waals surface area contributed by atoms with Crippen LogP contribution in [0.5, 0.6) is 17.2 Å². The van der Waals surface area contributed by atoms with Crippen molar-refractivity contribution < 1.29 is 23.7 Å². The van der Waals surface area contributed by atoms with Crippen molar-refractivity contribution in [2.75, 3.05) is 47.1 Å². The first-order valence-corrected chi connectivity index (χ1v) is 12.5. The molecule has 0 spiro atoms. The second-order valence-corrected chi connectivity index (χ2v) is 8.87. The fourth-order valence-corrected chi connectivity index (χ4v) is 4.09. The topological polar surface area (TPSA) is 87.8 Å². The first kappa shape index (κ1) is 26.9. The summed E-state index contributed by atoms with van der Waals surface area (Å²) in [7, 11) is 3.23. The quantitative estimate of drug-likeness (QED) is 0.464. The minimum atomic E-state index is 0.300. The van der Waals surface area contributed by atoms with Crippen molar-refractivity contribution >= 4 is 5.71 Å². The maximum absolute atomic E-state index is 6.63. The van der Waals surface area contributed by atoms with Gasteiger partial charge in [0.05, 0.1) is 39.8 Å². The van der Waals surface area contributed by atoms with E-state index in [1.165, 1.54) is 5.56 Å². The SMILES string of the molecule is C=C(/N=C1/C=CC(Oc2ccc(C)cc2)=C/C1=C(/N)N1CCOCC1)OCCc1ccc(OC)c(OC)c1. The summed E-state index contributed by atoms with van der Waals surface area (Å²) in [6.45, 7) is 9.11. The number of hydrogen-bond donors (Lipinski definition) is 1. The molecular weight excluding hydrogens is 482 g/mol. The van der Waals surface area contributed by atoms with Crippen molar-refractivity contribution in [3.8, 4) is 17.2 Å². The Morgan fingerprint density at radius 3 is 2.47 bits per heavy atom. The molecule has 38 heavy (non-hydrogen) atoms. The predicted molar refractivity (Wildman–Crippen MR) is 148 cm³/mol. The van der Waals surface area contributed by atoms with Gasteiger partial charge in [-0.05, 0) is 61.6 Å². The molecule has 0 saturated carbocycles. The summed E-state index contributed by atoms with van der Waals surface area (Å²) in [6.07, 6.45) is 6.30. The zero-order chi connectivity index (χ0) is 26.9. The molecule has 2 aliphatic rings. The molecule has 0 atom stereocenters. The van der Waals surface area contributed by atoms with Gasteiger partial charge >= 0.3 is 0 Å². The highest BCUT2D eigenvalue weighted by atomic mass is 16.5. The molecule has 1 heterocycles. The van der Waals surface area contributed by atoms with Crippen molar-refractivity contribution in [3.63, 3.8) is 0 Å². The zero-order valence-corrected chi connectivity index (χ0v) is 22.2. The Balaban J connectivity index is 1.48. The number of allylic oxidation sites excluding steroid dienone is 4. The van der Waals surface area contributed by atoms with Crippen LogP contribution in [0.2, 0.25) is 0 Å². The van der Waals surface area contributed by atoms with E-state index in [0.29, 0.717) is 74.0 Å². The molecular formula is C30H35N3O5. The van der Waals surface area contributed by atoms with Crippen LogP contribution >= 0.6 is 0 Å². The Labute approximate surface area is 224 Å². The standard InChI is InChI=1S/C30H35N3O5/c1-21-5-8-24(9-6-21)38-25-10-11-27(26(20-25)30(31)33-14-17-36-18-15-33)32-22(2)37-16-13-23-7-12-28(34-3)29(19-23)35-4/h5-12,19-20H,2,13-18,31H2,1,3-4H3/b30-26+,32-27-. The summed E-state index contributed by atoms with van der Waals surface area (Å²) in [5.74, 6) is 3.69. The number of aryl methyl sites for hydroxylation is 1. The Bertz CT molecular complexity index is 1260. The van der Waals surface area contributed by atoms with Crippen LogP contribution in [0, 0.1) is 6.92 Å². The minimum Gasteiger partial charge on any atom is -0.493 e. The Kier molecular flexibility index (Phi) is 9.11. The van der Waals surface area contributed by atoms with E-state index in [-0.39, 0.29) is 0 Å². The molecule has 1 aliphatic heterocycles. The summed E-state index contributed by atoms with van der Waals surface area (Å²) < 4.78 is 28.1. The summed E-state index contributed by atoms with van der Waals surface area (Å²) in [4.78, 5) is 6.74. The van der Waals surface area contributed by atoms with Gasteiger partial charge in [0.1, 0.15) is 17.3 Å². The molecule has 0 aromatic heterocycles. The minimum absolute atomic E-state index is 0.300. The summed E-state index contributed by atoms with van der Waals surface area (Å²) in [5, 5.41) is 0. The average molecular weight is 518 g/mol. The number of methoxy groups -OCH3 is 2. The summed E-state index contributed by atoms with van der Waals surface area (Å²) in [5.41, 5.74) is 10.3. The molecule has 0 amide bonds. The molecule has 200 valence electrons. The average Bonchev–Trinajstić information content (AvgIpc) is 2.95. The van der Waals surface area contributed by atoms with E-state index < -0.39 is 0 Å². The van der Waals surface area contributed by atoms with Crippen LogP contribution in [0.25, 0.3) is 0 Å². The molecule has 0 bridgehead atoms. The van der Waals surface area contributed by atoms with Crippen molar-refractivity contribution in [3.05, 3.63) is 101 Å². The predicted octanol–water partition coefficient (Wildman–Crippen LogP) is 4.52. The first-order chi connectivity index (χ1) is 18.5. The number of rotatable bonds is 10. The van der Waals surface area contributed by atoms with Gasteiger partial charge in [-0.2, -0.15) is 0 Å². The van der Waals surface area contributed by atoms with Gasteiger partial charge in [-0.25, -0.2) is 4.99 Å². The number of hydrogen-bond acceptors (Lipinski definition) is 8. The van der Waals surface area contributed by atoms with E-state index >= 15 is 0 Å². The monoisotopic (exact) mass is 517 g/mol. The molecule has 2 N–H and O–H groups in total. The van der Waals surface area contributed by atoms with Crippen molar-refractivity contribution in [1.29, 1.82) is 0 Å². The van der Waals surface area contributed by atoms with Gasteiger partial charge in [0.15, 0.2) is 11.5 Å². The number of benzene rings is 2. The van der Waals surface area contributed by atoms with Crippen LogP contribution in [0.15, 0.2) is 95.3 Å². The lowest BCUT2D eigenvalue weighted by molar-refractivity contribution is 0.0528. The molecule has 8 heteroatoms. The number of ether oxygens (including phenoxy) is 5. The number of nitrogens with zero attached hydrogens (tertiary/aromatic N) is 2. The van der Waals surface area contributed by atoms with E-state index in [4.69, 9.17) is 29.4 Å². The number of morpholine rings is 1. The fourth-order valence-electron chi connectivity index (χ4n) is 4.09. The molecule has 2 aromatic carbocycles. The van der Waals surface area contributed by atoms with Gasteiger partial charge in [0.25, 0.3) is 0 Å². The molecule has 1 aliphatic carbocycles. The maximum Gasteiger partial charge on any atom is 0.206 e. The van der Waals surface area contributed by atoms with Crippen molar-refractivity contribution in [2.24, 2.45) is 10.7 Å². The second kappa shape index (κ2) is 12.9. The number of nitrogens with two attached hydrogens (primary N) is 1. The summed E-state index contributed by atoms with van der Waals surface area (Å²) in [6, 6.07) is 13.7. The smallest absolute Gasteiger partial charge is 0.206 e. The zero-order valence-electron chi connectivity index (χ0n) is 22.2. The number of aliphatic imine (C=N–C) groups is 1. The largest absolute Gasteiger partial charge is 0.493 e.